The van der Waals surface area contributed by atoms with Crippen molar-refractivity contribution in [1.82, 2.24) is 5.32 Å². The average molecular weight is 245 g/mol. The lowest BCUT2D eigenvalue weighted by Crippen LogP contribution is -2.34. The van der Waals surface area contributed by atoms with E-state index in [9.17, 15) is 8.78 Å². The highest BCUT2D eigenvalue weighted by Gasteiger charge is 2.23. The van der Waals surface area contributed by atoms with E-state index in [1.165, 1.54) is 12.1 Å². The van der Waals surface area contributed by atoms with Crippen LogP contribution < -0.4 is 5.32 Å². The number of rotatable bonds is 5. The van der Waals surface area contributed by atoms with Gasteiger partial charge in [0.1, 0.15) is 11.6 Å². The van der Waals surface area contributed by atoms with E-state index in [1.54, 1.807) is 0 Å². The van der Waals surface area contributed by atoms with Gasteiger partial charge in [0.2, 0.25) is 0 Å². The van der Waals surface area contributed by atoms with Gasteiger partial charge >= 0.3 is 0 Å². The zero-order valence-corrected chi connectivity index (χ0v) is 10.5. The van der Waals surface area contributed by atoms with Gasteiger partial charge in [-0.1, -0.05) is 19.9 Å². The third-order valence-electron chi connectivity index (χ3n) is 2.52. The highest BCUT2D eigenvalue weighted by molar-refractivity contribution is 7.80. The molecule has 1 N–H and O–H groups in total. The van der Waals surface area contributed by atoms with Gasteiger partial charge in [0.25, 0.3) is 0 Å². The Bertz CT molecular complexity index is 353. The van der Waals surface area contributed by atoms with E-state index in [4.69, 9.17) is 0 Å². The van der Waals surface area contributed by atoms with Crippen LogP contribution in [-0.2, 0) is 5.41 Å². The molecule has 1 aromatic carbocycles. The predicted molar refractivity (Wildman–Crippen MR) is 66.1 cm³/mol. The van der Waals surface area contributed by atoms with Crippen molar-refractivity contribution < 1.29 is 8.78 Å². The maximum absolute atomic E-state index is 13.6. The van der Waals surface area contributed by atoms with Crippen molar-refractivity contribution in [3.8, 4) is 0 Å². The maximum atomic E-state index is 13.6. The molecule has 1 rings (SSSR count). The standard InChI is InChI=1S/C12H17F2NS/c1-12(2,8-15-5-6-16)10-4-3-9(13)7-11(10)14/h3-4,7,15-16H,5-6,8H2,1-2H3. The lowest BCUT2D eigenvalue weighted by molar-refractivity contribution is 0.448. The van der Waals surface area contributed by atoms with E-state index in [-0.39, 0.29) is 5.41 Å². The topological polar surface area (TPSA) is 12.0 Å². The summed E-state index contributed by atoms with van der Waals surface area (Å²) in [7, 11) is 0. The summed E-state index contributed by atoms with van der Waals surface area (Å²) in [6, 6.07) is 3.72. The summed E-state index contributed by atoms with van der Waals surface area (Å²) in [5, 5.41) is 3.18. The van der Waals surface area contributed by atoms with Crippen molar-refractivity contribution in [2.24, 2.45) is 0 Å². The minimum absolute atomic E-state index is 0.360. The van der Waals surface area contributed by atoms with Gasteiger partial charge in [0.15, 0.2) is 0 Å². The first-order valence-electron chi connectivity index (χ1n) is 5.24. The van der Waals surface area contributed by atoms with Crippen molar-refractivity contribution in [2.75, 3.05) is 18.8 Å². The first kappa shape index (κ1) is 13.5. The molecule has 1 aromatic rings. The first-order chi connectivity index (χ1) is 7.47. The van der Waals surface area contributed by atoms with Crippen LogP contribution in [0.2, 0.25) is 0 Å². The van der Waals surface area contributed by atoms with Crippen LogP contribution in [0.4, 0.5) is 8.78 Å². The van der Waals surface area contributed by atoms with E-state index in [2.05, 4.69) is 17.9 Å². The first-order valence-corrected chi connectivity index (χ1v) is 5.88. The molecular weight excluding hydrogens is 228 g/mol. The van der Waals surface area contributed by atoms with Crippen LogP contribution in [-0.4, -0.2) is 18.8 Å². The van der Waals surface area contributed by atoms with Gasteiger partial charge in [-0.3, -0.25) is 0 Å². The predicted octanol–water partition coefficient (Wildman–Crippen LogP) is 2.76. The summed E-state index contributed by atoms with van der Waals surface area (Å²) in [6.07, 6.45) is 0. The van der Waals surface area contributed by atoms with Gasteiger partial charge in [0, 0.05) is 30.3 Å². The zero-order valence-electron chi connectivity index (χ0n) is 9.56. The molecule has 0 aliphatic rings. The molecule has 0 saturated carbocycles. The van der Waals surface area contributed by atoms with Crippen molar-refractivity contribution in [2.45, 2.75) is 19.3 Å². The highest BCUT2D eigenvalue weighted by atomic mass is 32.1. The van der Waals surface area contributed by atoms with E-state index < -0.39 is 11.6 Å². The second-order valence-corrected chi connectivity index (χ2v) is 4.86. The largest absolute Gasteiger partial charge is 0.315 e. The third kappa shape index (κ3) is 3.46. The molecule has 0 saturated heterocycles. The van der Waals surface area contributed by atoms with Gasteiger partial charge < -0.3 is 5.32 Å². The molecule has 0 spiro atoms. The quantitative estimate of drug-likeness (QED) is 0.600. The molecular formula is C12H17F2NS. The van der Waals surface area contributed by atoms with Crippen LogP contribution in [0, 0.1) is 11.6 Å². The Morgan fingerprint density at radius 2 is 2.00 bits per heavy atom. The SMILES string of the molecule is CC(C)(CNCCS)c1ccc(F)cc1F. The van der Waals surface area contributed by atoms with E-state index >= 15 is 0 Å². The summed E-state index contributed by atoms with van der Waals surface area (Å²) in [5.41, 5.74) is 0.168. The summed E-state index contributed by atoms with van der Waals surface area (Å²) < 4.78 is 26.3. The number of hydrogen-bond acceptors (Lipinski definition) is 2. The van der Waals surface area contributed by atoms with Crippen molar-refractivity contribution in [3.63, 3.8) is 0 Å². The normalized spacial score (nSPS) is 11.8. The molecule has 0 fully saturated rings. The average Bonchev–Trinajstić information content (AvgIpc) is 2.17. The molecule has 4 heteroatoms. The molecule has 0 aromatic heterocycles. The molecule has 0 amide bonds. The Morgan fingerprint density at radius 3 is 2.56 bits per heavy atom. The van der Waals surface area contributed by atoms with Crippen molar-refractivity contribution in [3.05, 3.63) is 35.4 Å². The van der Waals surface area contributed by atoms with Crippen LogP contribution in [0.15, 0.2) is 18.2 Å². The van der Waals surface area contributed by atoms with Crippen molar-refractivity contribution >= 4 is 12.6 Å². The summed E-state index contributed by atoms with van der Waals surface area (Å²) in [6.45, 7) is 5.26. The minimum atomic E-state index is -0.541. The molecule has 1 nitrogen and oxygen atoms in total. The molecule has 0 heterocycles. The van der Waals surface area contributed by atoms with Gasteiger partial charge in [-0.05, 0) is 11.6 Å². The van der Waals surface area contributed by atoms with Gasteiger partial charge in [-0.2, -0.15) is 12.6 Å². The van der Waals surface area contributed by atoms with Gasteiger partial charge in [0.05, 0.1) is 0 Å². The molecule has 0 aliphatic carbocycles. The zero-order chi connectivity index (χ0) is 12.2. The molecule has 0 aliphatic heterocycles. The molecule has 0 unspecified atom stereocenters. The Labute approximate surface area is 101 Å². The Hall–Kier alpha value is -0.610. The molecule has 16 heavy (non-hydrogen) atoms. The van der Waals surface area contributed by atoms with Crippen LogP contribution in [0.1, 0.15) is 19.4 Å². The summed E-state index contributed by atoms with van der Waals surface area (Å²) in [4.78, 5) is 0. The third-order valence-corrected chi connectivity index (χ3v) is 2.74. The monoisotopic (exact) mass is 245 g/mol. The number of benzene rings is 1. The fourth-order valence-electron chi connectivity index (χ4n) is 1.61. The van der Waals surface area contributed by atoms with E-state index in [0.717, 1.165) is 18.4 Å². The Morgan fingerprint density at radius 1 is 1.31 bits per heavy atom. The van der Waals surface area contributed by atoms with Crippen LogP contribution in [0.25, 0.3) is 0 Å². The fraction of sp³-hybridized carbons (Fsp3) is 0.500. The summed E-state index contributed by atoms with van der Waals surface area (Å²) in [5.74, 6) is -0.292. The molecule has 0 radical (unpaired) electrons. The van der Waals surface area contributed by atoms with Crippen LogP contribution in [0.5, 0.6) is 0 Å². The van der Waals surface area contributed by atoms with Crippen LogP contribution in [0.3, 0.4) is 0 Å². The van der Waals surface area contributed by atoms with Crippen molar-refractivity contribution in [1.29, 1.82) is 0 Å². The van der Waals surface area contributed by atoms with Gasteiger partial charge in [-0.15, -0.1) is 0 Å². The van der Waals surface area contributed by atoms with Gasteiger partial charge in [-0.25, -0.2) is 8.78 Å². The molecule has 0 bridgehead atoms. The number of halogens is 2. The lowest BCUT2D eigenvalue weighted by atomic mass is 9.84. The Kier molecular flexibility index (Phi) is 4.74. The summed E-state index contributed by atoms with van der Waals surface area (Å²) >= 11 is 4.09. The maximum Gasteiger partial charge on any atom is 0.129 e. The number of thiol groups is 1. The van der Waals surface area contributed by atoms with Crippen LogP contribution >= 0.6 is 12.6 Å². The number of hydrogen-bond donors (Lipinski definition) is 2. The smallest absolute Gasteiger partial charge is 0.129 e. The minimum Gasteiger partial charge on any atom is -0.315 e. The number of nitrogens with one attached hydrogen (secondary N) is 1. The van der Waals surface area contributed by atoms with E-state index in [1.807, 2.05) is 13.8 Å². The highest BCUT2D eigenvalue weighted by Crippen LogP contribution is 2.25. The second kappa shape index (κ2) is 5.64. The molecule has 0 atom stereocenters. The Balaban J connectivity index is 2.80. The second-order valence-electron chi connectivity index (χ2n) is 4.41. The fourth-order valence-corrected chi connectivity index (χ4v) is 1.77. The van der Waals surface area contributed by atoms with E-state index in [0.29, 0.717) is 12.1 Å². The molecule has 90 valence electrons. The lowest BCUT2D eigenvalue weighted by Gasteiger charge is -2.26.